The molecular formula is C11H17ClN4O2S. The molecule has 106 valence electrons. The average Bonchev–Trinajstić information content (AvgIpc) is 2.40. The van der Waals surface area contributed by atoms with Crippen LogP contribution in [0.2, 0.25) is 5.02 Å². The molecule has 1 saturated heterocycles. The van der Waals surface area contributed by atoms with Crippen LogP contribution in [0.25, 0.3) is 0 Å². The summed E-state index contributed by atoms with van der Waals surface area (Å²) >= 11 is 5.75. The number of anilines is 1. The molecular weight excluding hydrogens is 288 g/mol. The van der Waals surface area contributed by atoms with Gasteiger partial charge in [0.1, 0.15) is 10.7 Å². The van der Waals surface area contributed by atoms with Crippen LogP contribution in [0.1, 0.15) is 19.3 Å². The fraction of sp³-hybridized carbons (Fsp3) is 0.545. The topological polar surface area (TPSA) is 97.1 Å². The maximum atomic E-state index is 12.1. The van der Waals surface area contributed by atoms with Gasteiger partial charge in [0.15, 0.2) is 0 Å². The zero-order valence-electron chi connectivity index (χ0n) is 10.4. The Kier molecular flexibility index (Phi) is 4.62. The number of aromatic nitrogens is 1. The number of halogens is 1. The lowest BCUT2D eigenvalue weighted by atomic mass is 10.1. The van der Waals surface area contributed by atoms with Crippen LogP contribution in [0.15, 0.2) is 17.2 Å². The van der Waals surface area contributed by atoms with E-state index >= 15 is 0 Å². The van der Waals surface area contributed by atoms with E-state index in [-0.39, 0.29) is 21.8 Å². The second-order valence-corrected chi connectivity index (χ2v) is 6.71. The maximum absolute atomic E-state index is 12.1. The Morgan fingerprint density at radius 3 is 3.00 bits per heavy atom. The summed E-state index contributed by atoms with van der Waals surface area (Å²) in [6.45, 7) is 1.27. The molecule has 0 radical (unpaired) electrons. The first kappa shape index (κ1) is 14.5. The molecule has 2 heterocycles. The Labute approximate surface area is 117 Å². The van der Waals surface area contributed by atoms with Gasteiger partial charge in [-0.2, -0.15) is 0 Å². The van der Waals surface area contributed by atoms with Crippen molar-refractivity contribution in [2.45, 2.75) is 30.2 Å². The minimum atomic E-state index is -3.67. The standard InChI is InChI=1S/C11H17ClN4O2S/c12-8-5-10(11(13)15-6-8)19(17,18)16-7-9-3-1-2-4-14-9/h5-6,9,14,16H,1-4,7H2,(H2,13,15)/t9-/m0/s1. The molecule has 0 spiro atoms. The molecule has 0 aliphatic carbocycles. The van der Waals surface area contributed by atoms with Gasteiger partial charge >= 0.3 is 0 Å². The van der Waals surface area contributed by atoms with Gasteiger partial charge in [0.2, 0.25) is 10.0 Å². The summed E-state index contributed by atoms with van der Waals surface area (Å²) in [4.78, 5) is 3.68. The fourth-order valence-electron chi connectivity index (χ4n) is 2.03. The Hall–Kier alpha value is -0.890. The van der Waals surface area contributed by atoms with E-state index in [0.29, 0.717) is 6.54 Å². The summed E-state index contributed by atoms with van der Waals surface area (Å²) in [6.07, 6.45) is 4.53. The van der Waals surface area contributed by atoms with Crippen LogP contribution >= 0.6 is 11.6 Å². The van der Waals surface area contributed by atoms with Crippen molar-refractivity contribution in [3.05, 3.63) is 17.3 Å². The Balaban J connectivity index is 2.07. The Morgan fingerprint density at radius 1 is 1.53 bits per heavy atom. The minimum absolute atomic E-state index is 0.0477. The number of piperidine rings is 1. The number of hydrogen-bond acceptors (Lipinski definition) is 5. The maximum Gasteiger partial charge on any atom is 0.244 e. The molecule has 0 amide bonds. The lowest BCUT2D eigenvalue weighted by Crippen LogP contribution is -2.43. The molecule has 8 heteroatoms. The highest BCUT2D eigenvalue weighted by Crippen LogP contribution is 2.20. The summed E-state index contributed by atoms with van der Waals surface area (Å²) < 4.78 is 26.8. The molecule has 1 atom stereocenters. The molecule has 0 unspecified atom stereocenters. The third kappa shape index (κ3) is 3.79. The van der Waals surface area contributed by atoms with E-state index < -0.39 is 10.0 Å². The predicted octanol–water partition coefficient (Wildman–Crippen LogP) is 0.738. The molecule has 1 fully saturated rings. The van der Waals surface area contributed by atoms with Crippen molar-refractivity contribution in [3.63, 3.8) is 0 Å². The quantitative estimate of drug-likeness (QED) is 0.762. The average molecular weight is 305 g/mol. The zero-order valence-corrected chi connectivity index (χ0v) is 12.0. The van der Waals surface area contributed by atoms with Crippen molar-refractivity contribution in [1.29, 1.82) is 0 Å². The molecule has 0 bridgehead atoms. The van der Waals surface area contributed by atoms with Gasteiger partial charge in [-0.05, 0) is 25.5 Å². The molecule has 19 heavy (non-hydrogen) atoms. The highest BCUT2D eigenvalue weighted by atomic mass is 35.5. The van der Waals surface area contributed by atoms with Crippen molar-refractivity contribution in [2.24, 2.45) is 0 Å². The number of nitrogen functional groups attached to an aromatic ring is 1. The van der Waals surface area contributed by atoms with Gasteiger partial charge in [-0.25, -0.2) is 18.1 Å². The second kappa shape index (κ2) is 6.04. The Morgan fingerprint density at radius 2 is 2.32 bits per heavy atom. The van der Waals surface area contributed by atoms with Gasteiger partial charge in [-0.15, -0.1) is 0 Å². The summed E-state index contributed by atoms with van der Waals surface area (Å²) in [7, 11) is -3.67. The summed E-state index contributed by atoms with van der Waals surface area (Å²) in [5.41, 5.74) is 5.58. The number of nitrogens with two attached hydrogens (primary N) is 1. The van der Waals surface area contributed by atoms with Crippen LogP contribution in [0.5, 0.6) is 0 Å². The van der Waals surface area contributed by atoms with Crippen LogP contribution in [0.3, 0.4) is 0 Å². The van der Waals surface area contributed by atoms with Crippen LogP contribution < -0.4 is 15.8 Å². The molecule has 4 N–H and O–H groups in total. The summed E-state index contributed by atoms with van der Waals surface area (Å²) in [5.74, 6) is -0.0477. The first-order chi connectivity index (χ1) is 8.99. The van der Waals surface area contributed by atoms with Crippen LogP contribution in [0.4, 0.5) is 5.82 Å². The van der Waals surface area contributed by atoms with Crippen LogP contribution in [-0.2, 0) is 10.0 Å². The van der Waals surface area contributed by atoms with Gasteiger partial charge in [0, 0.05) is 18.8 Å². The van der Waals surface area contributed by atoms with Crippen LogP contribution in [-0.4, -0.2) is 32.5 Å². The number of nitrogens with one attached hydrogen (secondary N) is 2. The molecule has 0 aromatic carbocycles. The van der Waals surface area contributed by atoms with E-state index in [1.54, 1.807) is 0 Å². The van der Waals surface area contributed by atoms with Gasteiger partial charge in [0.25, 0.3) is 0 Å². The van der Waals surface area contributed by atoms with E-state index in [1.165, 1.54) is 12.3 Å². The van der Waals surface area contributed by atoms with Crippen molar-refractivity contribution in [2.75, 3.05) is 18.8 Å². The van der Waals surface area contributed by atoms with Gasteiger partial charge in [-0.3, -0.25) is 0 Å². The third-order valence-electron chi connectivity index (χ3n) is 3.07. The number of sulfonamides is 1. The van der Waals surface area contributed by atoms with Crippen molar-refractivity contribution >= 4 is 27.4 Å². The molecule has 1 aliphatic rings. The molecule has 6 nitrogen and oxygen atoms in total. The van der Waals surface area contributed by atoms with E-state index in [9.17, 15) is 8.42 Å². The largest absolute Gasteiger partial charge is 0.383 e. The lowest BCUT2D eigenvalue weighted by Gasteiger charge is -2.23. The fourth-order valence-corrected chi connectivity index (χ4v) is 3.44. The van der Waals surface area contributed by atoms with Crippen molar-refractivity contribution < 1.29 is 8.42 Å². The van der Waals surface area contributed by atoms with Gasteiger partial charge in [-0.1, -0.05) is 18.0 Å². The Bertz CT molecular complexity index is 544. The monoisotopic (exact) mass is 304 g/mol. The molecule has 1 aromatic heterocycles. The summed E-state index contributed by atoms with van der Waals surface area (Å²) in [5, 5.41) is 3.51. The zero-order chi connectivity index (χ0) is 13.9. The first-order valence-electron chi connectivity index (χ1n) is 6.13. The lowest BCUT2D eigenvalue weighted by molar-refractivity contribution is 0.398. The molecule has 1 aromatic rings. The molecule has 0 saturated carbocycles. The highest BCUT2D eigenvalue weighted by molar-refractivity contribution is 7.89. The predicted molar refractivity (Wildman–Crippen MR) is 74.5 cm³/mol. The van der Waals surface area contributed by atoms with E-state index in [0.717, 1.165) is 25.8 Å². The summed E-state index contributed by atoms with van der Waals surface area (Å²) in [6, 6.07) is 1.47. The van der Waals surface area contributed by atoms with Crippen molar-refractivity contribution in [1.82, 2.24) is 15.0 Å². The molecule has 1 aliphatic heterocycles. The van der Waals surface area contributed by atoms with E-state index in [1.807, 2.05) is 0 Å². The number of rotatable bonds is 4. The van der Waals surface area contributed by atoms with E-state index in [4.69, 9.17) is 17.3 Å². The number of hydrogen-bond donors (Lipinski definition) is 3. The van der Waals surface area contributed by atoms with Gasteiger partial charge < -0.3 is 11.1 Å². The number of nitrogens with zero attached hydrogens (tertiary/aromatic N) is 1. The highest BCUT2D eigenvalue weighted by Gasteiger charge is 2.21. The first-order valence-corrected chi connectivity index (χ1v) is 7.99. The van der Waals surface area contributed by atoms with Crippen LogP contribution in [0, 0.1) is 0 Å². The smallest absolute Gasteiger partial charge is 0.244 e. The number of pyridine rings is 1. The van der Waals surface area contributed by atoms with E-state index in [2.05, 4.69) is 15.0 Å². The third-order valence-corrected chi connectivity index (χ3v) is 4.73. The minimum Gasteiger partial charge on any atom is -0.383 e. The van der Waals surface area contributed by atoms with Crippen molar-refractivity contribution in [3.8, 4) is 0 Å². The molecule has 2 rings (SSSR count). The second-order valence-electron chi connectivity index (χ2n) is 4.54. The van der Waals surface area contributed by atoms with Gasteiger partial charge in [0.05, 0.1) is 5.02 Å². The normalized spacial score (nSPS) is 20.4. The SMILES string of the molecule is Nc1ncc(Cl)cc1S(=O)(=O)NC[C@@H]1CCCCN1.